The van der Waals surface area contributed by atoms with Gasteiger partial charge >= 0.3 is 0 Å². The molecule has 3 aliphatic rings. The Balaban J connectivity index is 1.35. The summed E-state index contributed by atoms with van der Waals surface area (Å²) in [5, 5.41) is 0. The van der Waals surface area contributed by atoms with Gasteiger partial charge < -0.3 is 4.90 Å². The standard InChI is InChI=1S/C18H24N4O2/c23-17-14-5-1-2-6-15(14)18(24)22(17)13-20-9-11-21(12-10-20)16-7-3-4-8-19-16/h3-4,7-8,14-15H,1-2,5-6,9-13H2. The molecule has 6 nitrogen and oxygen atoms in total. The molecule has 6 heteroatoms. The molecule has 4 rings (SSSR count). The van der Waals surface area contributed by atoms with E-state index >= 15 is 0 Å². The number of likely N-dealkylation sites (tertiary alicyclic amines) is 1. The van der Waals surface area contributed by atoms with Crippen LogP contribution in [-0.2, 0) is 9.59 Å². The highest BCUT2D eigenvalue weighted by Crippen LogP contribution is 2.38. The number of nitrogens with zero attached hydrogens (tertiary/aromatic N) is 4. The van der Waals surface area contributed by atoms with Gasteiger partial charge in [0.2, 0.25) is 11.8 Å². The van der Waals surface area contributed by atoms with E-state index in [-0.39, 0.29) is 23.7 Å². The van der Waals surface area contributed by atoms with Crippen LogP contribution in [0.3, 0.4) is 0 Å². The van der Waals surface area contributed by atoms with Gasteiger partial charge in [-0.3, -0.25) is 19.4 Å². The molecule has 0 aromatic carbocycles. The van der Waals surface area contributed by atoms with Gasteiger partial charge in [-0.05, 0) is 25.0 Å². The molecule has 0 radical (unpaired) electrons. The molecule has 2 amide bonds. The van der Waals surface area contributed by atoms with Crippen molar-refractivity contribution in [3.63, 3.8) is 0 Å². The third-order valence-electron chi connectivity index (χ3n) is 5.62. The summed E-state index contributed by atoms with van der Waals surface area (Å²) in [7, 11) is 0. The molecule has 3 heterocycles. The van der Waals surface area contributed by atoms with E-state index in [1.165, 1.54) is 4.90 Å². The molecule has 3 fully saturated rings. The van der Waals surface area contributed by atoms with Gasteiger partial charge in [-0.15, -0.1) is 0 Å². The van der Waals surface area contributed by atoms with Crippen molar-refractivity contribution >= 4 is 17.6 Å². The first-order valence-corrected chi connectivity index (χ1v) is 8.97. The number of carbonyl (C=O) groups is 2. The lowest BCUT2D eigenvalue weighted by molar-refractivity contribution is -0.142. The van der Waals surface area contributed by atoms with Gasteiger partial charge in [0.15, 0.2) is 0 Å². The maximum absolute atomic E-state index is 12.6. The SMILES string of the molecule is O=C1C2CCCCC2C(=O)N1CN1CCN(c2ccccn2)CC1. The summed E-state index contributed by atoms with van der Waals surface area (Å²) in [6, 6.07) is 5.94. The molecular weight excluding hydrogens is 304 g/mol. The maximum atomic E-state index is 12.6. The van der Waals surface area contributed by atoms with Crippen LogP contribution < -0.4 is 4.90 Å². The Morgan fingerprint density at radius 1 is 0.958 bits per heavy atom. The van der Waals surface area contributed by atoms with Crippen molar-refractivity contribution in [2.45, 2.75) is 25.7 Å². The third-order valence-corrected chi connectivity index (χ3v) is 5.62. The first-order valence-electron chi connectivity index (χ1n) is 8.97. The molecule has 1 aromatic rings. The first-order chi connectivity index (χ1) is 11.7. The van der Waals surface area contributed by atoms with Crippen molar-refractivity contribution in [2.24, 2.45) is 11.8 Å². The quantitative estimate of drug-likeness (QED) is 0.784. The van der Waals surface area contributed by atoms with E-state index < -0.39 is 0 Å². The average molecular weight is 328 g/mol. The predicted octanol–water partition coefficient (Wildman–Crippen LogP) is 1.34. The maximum Gasteiger partial charge on any atom is 0.234 e. The molecule has 0 spiro atoms. The summed E-state index contributed by atoms with van der Waals surface area (Å²) in [5.41, 5.74) is 0. The van der Waals surface area contributed by atoms with Gasteiger partial charge in [0.25, 0.3) is 0 Å². The van der Waals surface area contributed by atoms with Crippen LogP contribution in [0, 0.1) is 11.8 Å². The number of piperazine rings is 1. The Morgan fingerprint density at radius 2 is 1.62 bits per heavy atom. The van der Waals surface area contributed by atoms with Crippen molar-refractivity contribution in [1.29, 1.82) is 0 Å². The highest BCUT2D eigenvalue weighted by molar-refractivity contribution is 6.05. The van der Waals surface area contributed by atoms with Crippen LogP contribution in [0.2, 0.25) is 0 Å². The fraction of sp³-hybridized carbons (Fsp3) is 0.611. The normalized spacial score (nSPS) is 28.3. The average Bonchev–Trinajstić information content (AvgIpc) is 2.88. The summed E-state index contributed by atoms with van der Waals surface area (Å²) in [5.74, 6) is 1.05. The predicted molar refractivity (Wildman–Crippen MR) is 90.2 cm³/mol. The Hall–Kier alpha value is -1.95. The minimum absolute atomic E-state index is 0.0407. The zero-order chi connectivity index (χ0) is 16.5. The number of amides is 2. The highest BCUT2D eigenvalue weighted by atomic mass is 16.2. The van der Waals surface area contributed by atoms with E-state index in [1.807, 2.05) is 24.4 Å². The van der Waals surface area contributed by atoms with Gasteiger partial charge in [-0.2, -0.15) is 0 Å². The van der Waals surface area contributed by atoms with Crippen LogP contribution in [0.1, 0.15) is 25.7 Å². The minimum atomic E-state index is -0.0407. The van der Waals surface area contributed by atoms with E-state index in [1.54, 1.807) is 0 Å². The van der Waals surface area contributed by atoms with E-state index in [0.717, 1.165) is 57.7 Å². The summed E-state index contributed by atoms with van der Waals surface area (Å²) in [6.45, 7) is 3.91. The van der Waals surface area contributed by atoms with Crippen LogP contribution in [0.15, 0.2) is 24.4 Å². The van der Waals surface area contributed by atoms with E-state index in [9.17, 15) is 9.59 Å². The second-order valence-corrected chi connectivity index (χ2v) is 7.04. The Morgan fingerprint density at radius 3 is 2.21 bits per heavy atom. The largest absolute Gasteiger partial charge is 0.354 e. The second kappa shape index (κ2) is 6.51. The van der Waals surface area contributed by atoms with E-state index in [4.69, 9.17) is 0 Å². The molecule has 1 aromatic heterocycles. The van der Waals surface area contributed by atoms with Crippen LogP contribution in [0.4, 0.5) is 5.82 Å². The van der Waals surface area contributed by atoms with Gasteiger partial charge in [0, 0.05) is 32.4 Å². The molecule has 2 aliphatic heterocycles. The van der Waals surface area contributed by atoms with Crippen molar-refractivity contribution in [1.82, 2.24) is 14.8 Å². The lowest BCUT2D eigenvalue weighted by Gasteiger charge is -2.36. The number of carbonyl (C=O) groups excluding carboxylic acids is 2. The van der Waals surface area contributed by atoms with E-state index in [2.05, 4.69) is 14.8 Å². The lowest BCUT2D eigenvalue weighted by atomic mass is 9.81. The van der Waals surface area contributed by atoms with Gasteiger partial charge in [-0.1, -0.05) is 18.9 Å². The third kappa shape index (κ3) is 2.79. The monoisotopic (exact) mass is 328 g/mol. The molecule has 0 N–H and O–H groups in total. The number of hydrogen-bond acceptors (Lipinski definition) is 5. The van der Waals surface area contributed by atoms with Crippen molar-refractivity contribution in [3.05, 3.63) is 24.4 Å². The molecular formula is C18H24N4O2. The number of imide groups is 1. The highest BCUT2D eigenvalue weighted by Gasteiger charge is 2.48. The molecule has 128 valence electrons. The zero-order valence-corrected chi connectivity index (χ0v) is 13.9. The zero-order valence-electron chi connectivity index (χ0n) is 13.9. The molecule has 2 atom stereocenters. The number of rotatable bonds is 3. The Kier molecular flexibility index (Phi) is 4.22. The summed E-state index contributed by atoms with van der Waals surface area (Å²) >= 11 is 0. The number of hydrogen-bond donors (Lipinski definition) is 0. The Bertz CT molecular complexity index is 589. The topological polar surface area (TPSA) is 56.8 Å². The fourth-order valence-electron chi connectivity index (χ4n) is 4.23. The van der Waals surface area contributed by atoms with Crippen LogP contribution >= 0.6 is 0 Å². The lowest BCUT2D eigenvalue weighted by Crippen LogP contribution is -2.51. The Labute approximate surface area is 142 Å². The smallest absolute Gasteiger partial charge is 0.234 e. The number of anilines is 1. The summed E-state index contributed by atoms with van der Waals surface area (Å²) in [6.07, 6.45) is 5.75. The number of pyridine rings is 1. The first kappa shape index (κ1) is 15.6. The van der Waals surface area contributed by atoms with Gasteiger partial charge in [-0.25, -0.2) is 4.98 Å². The van der Waals surface area contributed by atoms with Crippen molar-refractivity contribution in [2.75, 3.05) is 37.7 Å². The molecule has 0 bridgehead atoms. The second-order valence-electron chi connectivity index (χ2n) is 7.04. The number of fused-ring (bicyclic) bond motifs is 1. The minimum Gasteiger partial charge on any atom is -0.354 e. The molecule has 2 unspecified atom stereocenters. The summed E-state index contributed by atoms with van der Waals surface area (Å²) < 4.78 is 0. The van der Waals surface area contributed by atoms with Crippen LogP contribution in [-0.4, -0.2) is 59.4 Å². The van der Waals surface area contributed by atoms with Gasteiger partial charge in [0.1, 0.15) is 5.82 Å². The molecule has 1 saturated carbocycles. The number of aromatic nitrogens is 1. The summed E-state index contributed by atoms with van der Waals surface area (Å²) in [4.78, 5) is 35.5. The van der Waals surface area contributed by atoms with Crippen molar-refractivity contribution in [3.8, 4) is 0 Å². The molecule has 1 aliphatic carbocycles. The molecule has 2 saturated heterocycles. The van der Waals surface area contributed by atoms with Gasteiger partial charge in [0.05, 0.1) is 18.5 Å². The molecule has 24 heavy (non-hydrogen) atoms. The van der Waals surface area contributed by atoms with Crippen LogP contribution in [0.5, 0.6) is 0 Å². The van der Waals surface area contributed by atoms with E-state index in [0.29, 0.717) is 6.67 Å². The van der Waals surface area contributed by atoms with Crippen LogP contribution in [0.25, 0.3) is 0 Å². The van der Waals surface area contributed by atoms with Crippen molar-refractivity contribution < 1.29 is 9.59 Å². The fourth-order valence-corrected chi connectivity index (χ4v) is 4.23.